The minimum absolute atomic E-state index is 0.0700. The Morgan fingerprint density at radius 2 is 1.74 bits per heavy atom. The second kappa shape index (κ2) is 6.50. The SMILES string of the molecule is NC1CCC(NS(=O)(=O)CCc2ccccc2)CC1. The smallest absolute Gasteiger partial charge is 0.212 e. The van der Waals surface area contributed by atoms with E-state index in [2.05, 4.69) is 4.72 Å². The Morgan fingerprint density at radius 1 is 1.11 bits per heavy atom. The molecule has 0 aromatic heterocycles. The molecule has 1 saturated carbocycles. The molecule has 1 aromatic rings. The Balaban J connectivity index is 1.82. The second-order valence-electron chi connectivity index (χ2n) is 5.28. The van der Waals surface area contributed by atoms with Crippen molar-refractivity contribution in [1.82, 2.24) is 4.72 Å². The van der Waals surface area contributed by atoms with Crippen molar-refractivity contribution in [2.24, 2.45) is 5.73 Å². The molecule has 0 heterocycles. The van der Waals surface area contributed by atoms with Gasteiger partial charge in [0.2, 0.25) is 10.0 Å². The second-order valence-corrected chi connectivity index (χ2v) is 7.16. The molecule has 1 fully saturated rings. The number of benzene rings is 1. The summed E-state index contributed by atoms with van der Waals surface area (Å²) in [5, 5.41) is 0. The Kier molecular flexibility index (Phi) is 4.96. The van der Waals surface area contributed by atoms with E-state index in [0.717, 1.165) is 31.2 Å². The Bertz CT molecular complexity index is 479. The maximum Gasteiger partial charge on any atom is 0.212 e. The van der Waals surface area contributed by atoms with E-state index in [9.17, 15) is 8.42 Å². The highest BCUT2D eigenvalue weighted by atomic mass is 32.2. The van der Waals surface area contributed by atoms with Crippen molar-refractivity contribution >= 4 is 10.0 Å². The fourth-order valence-corrected chi connectivity index (χ4v) is 3.81. The van der Waals surface area contributed by atoms with Gasteiger partial charge in [0.15, 0.2) is 0 Å². The van der Waals surface area contributed by atoms with E-state index in [1.165, 1.54) is 0 Å². The highest BCUT2D eigenvalue weighted by Gasteiger charge is 2.22. The molecule has 0 amide bonds. The summed E-state index contributed by atoms with van der Waals surface area (Å²) in [7, 11) is -3.19. The van der Waals surface area contributed by atoms with Crippen molar-refractivity contribution in [3.63, 3.8) is 0 Å². The van der Waals surface area contributed by atoms with Gasteiger partial charge in [0.25, 0.3) is 0 Å². The molecular weight excluding hydrogens is 260 g/mol. The molecular formula is C14H22N2O2S. The predicted octanol–water partition coefficient (Wildman–Crippen LogP) is 1.42. The van der Waals surface area contributed by atoms with Crippen molar-refractivity contribution in [3.8, 4) is 0 Å². The van der Waals surface area contributed by atoms with Crippen LogP contribution in [0.3, 0.4) is 0 Å². The number of aryl methyl sites for hydroxylation is 1. The highest BCUT2D eigenvalue weighted by Crippen LogP contribution is 2.17. The monoisotopic (exact) mass is 282 g/mol. The van der Waals surface area contributed by atoms with E-state index in [1.54, 1.807) is 0 Å². The van der Waals surface area contributed by atoms with Crippen molar-refractivity contribution in [3.05, 3.63) is 35.9 Å². The van der Waals surface area contributed by atoms with Crippen molar-refractivity contribution in [2.75, 3.05) is 5.75 Å². The summed E-state index contributed by atoms with van der Waals surface area (Å²) in [5.41, 5.74) is 6.87. The average molecular weight is 282 g/mol. The van der Waals surface area contributed by atoms with Crippen LogP contribution in [-0.4, -0.2) is 26.3 Å². The first-order chi connectivity index (χ1) is 9.05. The minimum Gasteiger partial charge on any atom is -0.328 e. The Hall–Kier alpha value is -0.910. The molecule has 0 bridgehead atoms. The molecule has 0 atom stereocenters. The number of rotatable bonds is 5. The molecule has 0 saturated heterocycles. The zero-order chi connectivity index (χ0) is 13.7. The molecule has 0 spiro atoms. The van der Waals surface area contributed by atoms with Crippen LogP contribution in [0.5, 0.6) is 0 Å². The van der Waals surface area contributed by atoms with Gasteiger partial charge in [0, 0.05) is 12.1 Å². The average Bonchev–Trinajstić information content (AvgIpc) is 2.40. The largest absolute Gasteiger partial charge is 0.328 e. The van der Waals surface area contributed by atoms with Gasteiger partial charge in [-0.1, -0.05) is 30.3 Å². The van der Waals surface area contributed by atoms with Crippen LogP contribution in [0.25, 0.3) is 0 Å². The van der Waals surface area contributed by atoms with Crippen molar-refractivity contribution < 1.29 is 8.42 Å². The molecule has 1 aliphatic rings. The van der Waals surface area contributed by atoms with E-state index in [1.807, 2.05) is 30.3 Å². The van der Waals surface area contributed by atoms with Crippen LogP contribution in [-0.2, 0) is 16.4 Å². The van der Waals surface area contributed by atoms with E-state index in [-0.39, 0.29) is 17.8 Å². The zero-order valence-corrected chi connectivity index (χ0v) is 11.9. The Labute approximate surface area is 115 Å². The van der Waals surface area contributed by atoms with Crippen LogP contribution in [0, 0.1) is 0 Å². The fraction of sp³-hybridized carbons (Fsp3) is 0.571. The van der Waals surface area contributed by atoms with Crippen molar-refractivity contribution in [1.29, 1.82) is 0 Å². The molecule has 19 heavy (non-hydrogen) atoms. The topological polar surface area (TPSA) is 72.2 Å². The van der Waals surface area contributed by atoms with E-state index in [4.69, 9.17) is 5.73 Å². The lowest BCUT2D eigenvalue weighted by molar-refractivity contribution is 0.373. The summed E-state index contributed by atoms with van der Waals surface area (Å²) in [5.74, 6) is 0.152. The summed E-state index contributed by atoms with van der Waals surface area (Å²) >= 11 is 0. The normalized spacial score (nSPS) is 24.3. The third-order valence-electron chi connectivity index (χ3n) is 3.62. The van der Waals surface area contributed by atoms with Gasteiger partial charge in [-0.25, -0.2) is 13.1 Å². The molecule has 4 nitrogen and oxygen atoms in total. The van der Waals surface area contributed by atoms with E-state index >= 15 is 0 Å². The first-order valence-electron chi connectivity index (χ1n) is 6.85. The third-order valence-corrected chi connectivity index (χ3v) is 5.05. The molecule has 3 N–H and O–H groups in total. The van der Waals surface area contributed by atoms with Crippen LogP contribution in [0.1, 0.15) is 31.2 Å². The quantitative estimate of drug-likeness (QED) is 0.858. The lowest BCUT2D eigenvalue weighted by atomic mass is 9.93. The maximum atomic E-state index is 12.0. The summed E-state index contributed by atoms with van der Waals surface area (Å²) in [4.78, 5) is 0. The first-order valence-corrected chi connectivity index (χ1v) is 8.50. The molecule has 1 aliphatic carbocycles. The minimum atomic E-state index is -3.19. The number of hydrogen-bond donors (Lipinski definition) is 2. The van der Waals surface area contributed by atoms with E-state index < -0.39 is 10.0 Å². The van der Waals surface area contributed by atoms with Crippen LogP contribution in [0.2, 0.25) is 0 Å². The zero-order valence-electron chi connectivity index (χ0n) is 11.1. The molecule has 0 radical (unpaired) electrons. The predicted molar refractivity (Wildman–Crippen MR) is 77.3 cm³/mol. The molecule has 1 aromatic carbocycles. The lowest BCUT2D eigenvalue weighted by Crippen LogP contribution is -2.41. The number of hydrogen-bond acceptors (Lipinski definition) is 3. The number of sulfonamides is 1. The van der Waals surface area contributed by atoms with Gasteiger partial charge in [-0.05, 0) is 37.7 Å². The summed E-state index contributed by atoms with van der Waals surface area (Å²) < 4.78 is 26.8. The van der Waals surface area contributed by atoms with Gasteiger partial charge in [0.1, 0.15) is 0 Å². The Morgan fingerprint density at radius 3 is 2.37 bits per heavy atom. The molecule has 0 aliphatic heterocycles. The van der Waals surface area contributed by atoms with Gasteiger partial charge >= 0.3 is 0 Å². The van der Waals surface area contributed by atoms with Crippen molar-refractivity contribution in [2.45, 2.75) is 44.2 Å². The first kappa shape index (κ1) is 14.5. The highest BCUT2D eigenvalue weighted by molar-refractivity contribution is 7.89. The third kappa shape index (κ3) is 4.93. The van der Waals surface area contributed by atoms with Gasteiger partial charge in [-0.3, -0.25) is 0 Å². The standard InChI is InChI=1S/C14H22N2O2S/c15-13-6-8-14(9-7-13)16-19(17,18)11-10-12-4-2-1-3-5-12/h1-5,13-14,16H,6-11,15H2. The van der Waals surface area contributed by atoms with Gasteiger partial charge in [-0.15, -0.1) is 0 Å². The maximum absolute atomic E-state index is 12.0. The number of nitrogens with two attached hydrogens (primary N) is 1. The van der Waals surface area contributed by atoms with Crippen LogP contribution in [0.15, 0.2) is 30.3 Å². The summed E-state index contributed by atoms with van der Waals surface area (Å²) in [6, 6.07) is 10.0. The number of nitrogens with one attached hydrogen (secondary N) is 1. The molecule has 0 unspecified atom stereocenters. The molecule has 106 valence electrons. The summed E-state index contributed by atoms with van der Waals surface area (Å²) in [6.45, 7) is 0. The molecule has 5 heteroatoms. The van der Waals surface area contributed by atoms with Crippen LogP contribution in [0.4, 0.5) is 0 Å². The van der Waals surface area contributed by atoms with Gasteiger partial charge < -0.3 is 5.73 Å². The molecule has 2 rings (SSSR count). The van der Waals surface area contributed by atoms with E-state index in [0.29, 0.717) is 6.42 Å². The summed E-state index contributed by atoms with van der Waals surface area (Å²) in [6.07, 6.45) is 4.08. The van der Waals surface area contributed by atoms with Crippen LogP contribution >= 0.6 is 0 Å². The van der Waals surface area contributed by atoms with Gasteiger partial charge in [-0.2, -0.15) is 0 Å². The lowest BCUT2D eigenvalue weighted by Gasteiger charge is -2.26. The van der Waals surface area contributed by atoms with Crippen LogP contribution < -0.4 is 10.5 Å². The van der Waals surface area contributed by atoms with Gasteiger partial charge in [0.05, 0.1) is 5.75 Å². The fourth-order valence-electron chi connectivity index (χ4n) is 2.45.